The molecule has 1 aliphatic carbocycles. The van der Waals surface area contributed by atoms with Crippen molar-refractivity contribution in [2.75, 3.05) is 26.8 Å². The highest BCUT2D eigenvalue weighted by Crippen LogP contribution is 2.23. The van der Waals surface area contributed by atoms with Crippen molar-refractivity contribution in [3.05, 3.63) is 64.1 Å². The van der Waals surface area contributed by atoms with E-state index in [1.807, 2.05) is 22.8 Å². The van der Waals surface area contributed by atoms with E-state index in [1.165, 1.54) is 32.8 Å². The Kier molecular flexibility index (Phi) is 8.18. The van der Waals surface area contributed by atoms with Crippen LogP contribution < -0.4 is 15.5 Å². The molecule has 33 heavy (non-hydrogen) atoms. The first-order chi connectivity index (χ1) is 16.1. The molecule has 1 atom stereocenters. The van der Waals surface area contributed by atoms with E-state index in [0.29, 0.717) is 13.2 Å². The summed E-state index contributed by atoms with van der Waals surface area (Å²) in [7, 11) is 1.48. The average Bonchev–Trinajstić information content (AvgIpc) is 3.10. The Hall–Kier alpha value is -2.64. The lowest BCUT2D eigenvalue weighted by atomic mass is 10.1. The van der Waals surface area contributed by atoms with Crippen molar-refractivity contribution in [3.8, 4) is 5.75 Å². The number of nitrogens with zero attached hydrogens (tertiary/aromatic N) is 2. The maximum atomic E-state index is 12.9. The number of benzene rings is 1. The summed E-state index contributed by atoms with van der Waals surface area (Å²) in [5, 5.41) is 3.21. The lowest BCUT2D eigenvalue weighted by Crippen LogP contribution is -2.40. The zero-order valence-electron chi connectivity index (χ0n) is 19.5. The zero-order valence-corrected chi connectivity index (χ0v) is 19.5. The maximum absolute atomic E-state index is 12.9. The predicted molar refractivity (Wildman–Crippen MR) is 127 cm³/mol. The summed E-state index contributed by atoms with van der Waals surface area (Å²) in [5.41, 5.74) is 1.79. The molecule has 7 nitrogen and oxygen atoms in total. The number of carbonyl (C=O) groups excluding carboxylic acids is 1. The highest BCUT2D eigenvalue weighted by Gasteiger charge is 2.23. The fraction of sp³-hybridized carbons (Fsp3) is 0.538. The van der Waals surface area contributed by atoms with E-state index in [4.69, 9.17) is 9.47 Å². The molecule has 1 amide bonds. The van der Waals surface area contributed by atoms with Gasteiger partial charge in [0, 0.05) is 37.4 Å². The molecule has 1 aromatic heterocycles. The number of amides is 1. The van der Waals surface area contributed by atoms with Crippen LogP contribution in [0.2, 0.25) is 0 Å². The van der Waals surface area contributed by atoms with Gasteiger partial charge in [0.1, 0.15) is 6.54 Å². The molecule has 4 rings (SSSR count). The van der Waals surface area contributed by atoms with E-state index < -0.39 is 0 Å². The maximum Gasteiger partial charge on any atom is 0.240 e. The van der Waals surface area contributed by atoms with Crippen LogP contribution in [0.5, 0.6) is 5.75 Å². The van der Waals surface area contributed by atoms with Gasteiger partial charge < -0.3 is 19.4 Å². The first-order valence-corrected chi connectivity index (χ1v) is 12.1. The van der Waals surface area contributed by atoms with Crippen LogP contribution in [0.15, 0.2) is 47.4 Å². The molecule has 1 saturated carbocycles. The Morgan fingerprint density at radius 2 is 1.91 bits per heavy atom. The van der Waals surface area contributed by atoms with Crippen LogP contribution in [-0.4, -0.2) is 48.2 Å². The van der Waals surface area contributed by atoms with Crippen LogP contribution in [0.3, 0.4) is 0 Å². The van der Waals surface area contributed by atoms with E-state index in [9.17, 15) is 9.59 Å². The number of morpholine rings is 1. The van der Waals surface area contributed by atoms with E-state index in [-0.39, 0.29) is 35.8 Å². The van der Waals surface area contributed by atoms with Gasteiger partial charge in [-0.1, -0.05) is 56.0 Å². The van der Waals surface area contributed by atoms with Gasteiger partial charge in [-0.25, -0.2) is 0 Å². The molecule has 1 saturated heterocycles. The van der Waals surface area contributed by atoms with Crippen LogP contribution in [0, 0.1) is 0 Å². The van der Waals surface area contributed by atoms with Crippen LogP contribution in [0.25, 0.3) is 0 Å². The highest BCUT2D eigenvalue weighted by molar-refractivity contribution is 5.76. The summed E-state index contributed by atoms with van der Waals surface area (Å²) in [5.74, 6) is 0.239. The number of methoxy groups -OCH3 is 1. The quantitative estimate of drug-likeness (QED) is 0.652. The van der Waals surface area contributed by atoms with Crippen molar-refractivity contribution in [1.29, 1.82) is 0 Å². The van der Waals surface area contributed by atoms with Crippen LogP contribution in [0.4, 0.5) is 0 Å². The van der Waals surface area contributed by atoms with Gasteiger partial charge in [0.05, 0.1) is 26.0 Å². The Morgan fingerprint density at radius 1 is 1.15 bits per heavy atom. The van der Waals surface area contributed by atoms with Gasteiger partial charge in [-0.05, 0) is 18.4 Å². The number of aromatic nitrogens is 1. The van der Waals surface area contributed by atoms with Gasteiger partial charge in [-0.15, -0.1) is 0 Å². The van der Waals surface area contributed by atoms with Crippen molar-refractivity contribution in [1.82, 2.24) is 14.8 Å². The topological polar surface area (TPSA) is 72.8 Å². The highest BCUT2D eigenvalue weighted by atomic mass is 16.5. The molecule has 1 aliphatic heterocycles. The Bertz CT molecular complexity index is 967. The van der Waals surface area contributed by atoms with Crippen molar-refractivity contribution in [2.24, 2.45) is 0 Å². The molecule has 2 aromatic rings. The summed E-state index contributed by atoms with van der Waals surface area (Å²) in [6.45, 7) is 2.88. The van der Waals surface area contributed by atoms with Gasteiger partial charge >= 0.3 is 0 Å². The summed E-state index contributed by atoms with van der Waals surface area (Å²) in [4.78, 5) is 27.7. The number of carbonyl (C=O) groups is 1. The van der Waals surface area contributed by atoms with Crippen LogP contribution >= 0.6 is 0 Å². The van der Waals surface area contributed by atoms with Gasteiger partial charge in [0.15, 0.2) is 5.75 Å². The summed E-state index contributed by atoms with van der Waals surface area (Å²) in [6, 6.07) is 12.0. The standard InChI is InChI=1S/C26H35N3O4/c1-32-25-18-29(19-26(31)27-21-11-7-2-3-8-12-21)22(15-23(25)30)16-28-13-14-33-24(17-28)20-9-5-4-6-10-20/h4-6,9-10,15,18,21,24H,2-3,7-8,11-14,16-17,19H2,1H3,(H,27,31). The van der Waals surface area contributed by atoms with Gasteiger partial charge in [-0.3, -0.25) is 14.5 Å². The molecule has 2 fully saturated rings. The monoisotopic (exact) mass is 453 g/mol. The van der Waals surface area contributed by atoms with Crippen LogP contribution in [-0.2, 0) is 22.6 Å². The average molecular weight is 454 g/mol. The van der Waals surface area contributed by atoms with Crippen molar-refractivity contribution in [3.63, 3.8) is 0 Å². The molecule has 7 heteroatoms. The van der Waals surface area contributed by atoms with E-state index in [1.54, 1.807) is 12.3 Å². The molecule has 1 unspecified atom stereocenters. The summed E-state index contributed by atoms with van der Waals surface area (Å²) < 4.78 is 13.1. The van der Waals surface area contributed by atoms with Gasteiger partial charge in [0.25, 0.3) is 0 Å². The number of rotatable bonds is 7. The first kappa shape index (κ1) is 23.5. The summed E-state index contributed by atoms with van der Waals surface area (Å²) >= 11 is 0. The SMILES string of the molecule is COc1cn(CC(=O)NC2CCCCCC2)c(CN2CCOC(c3ccccc3)C2)cc1=O. The number of ether oxygens (including phenoxy) is 2. The minimum Gasteiger partial charge on any atom is -0.491 e. The second-order valence-electron chi connectivity index (χ2n) is 9.09. The number of pyridine rings is 1. The third-order valence-electron chi connectivity index (χ3n) is 6.64. The zero-order chi connectivity index (χ0) is 23.0. The van der Waals surface area contributed by atoms with Crippen molar-refractivity contribution in [2.45, 2.75) is 63.8 Å². The second kappa shape index (κ2) is 11.5. The molecule has 2 heterocycles. The fourth-order valence-electron chi connectivity index (χ4n) is 4.83. The minimum absolute atomic E-state index is 0.00287. The molecule has 2 aliphatic rings. The second-order valence-corrected chi connectivity index (χ2v) is 9.09. The lowest BCUT2D eigenvalue weighted by molar-refractivity contribution is -0.122. The largest absolute Gasteiger partial charge is 0.491 e. The van der Waals surface area contributed by atoms with Crippen LogP contribution in [0.1, 0.15) is 55.9 Å². The van der Waals surface area contributed by atoms with Crippen molar-refractivity contribution < 1.29 is 14.3 Å². The third-order valence-corrected chi connectivity index (χ3v) is 6.64. The predicted octanol–water partition coefficient (Wildman–Crippen LogP) is 3.27. The molecular weight excluding hydrogens is 418 g/mol. The van der Waals surface area contributed by atoms with E-state index in [0.717, 1.165) is 37.2 Å². The van der Waals surface area contributed by atoms with E-state index >= 15 is 0 Å². The third kappa shape index (κ3) is 6.45. The normalized spacial score (nSPS) is 20.2. The molecule has 0 bridgehead atoms. The van der Waals surface area contributed by atoms with Gasteiger partial charge in [0.2, 0.25) is 11.3 Å². The summed E-state index contributed by atoms with van der Waals surface area (Å²) in [6.07, 6.45) is 8.58. The number of nitrogens with one attached hydrogen (secondary N) is 1. The van der Waals surface area contributed by atoms with Crippen molar-refractivity contribution >= 4 is 5.91 Å². The molecule has 178 valence electrons. The lowest BCUT2D eigenvalue weighted by Gasteiger charge is -2.33. The van der Waals surface area contributed by atoms with Gasteiger partial charge in [-0.2, -0.15) is 0 Å². The molecule has 0 radical (unpaired) electrons. The fourth-order valence-corrected chi connectivity index (χ4v) is 4.83. The Labute approximate surface area is 195 Å². The smallest absolute Gasteiger partial charge is 0.240 e. The van der Waals surface area contributed by atoms with E-state index in [2.05, 4.69) is 22.3 Å². The minimum atomic E-state index is -0.166. The molecular formula is C26H35N3O4. The number of hydrogen-bond donors (Lipinski definition) is 1. The first-order valence-electron chi connectivity index (χ1n) is 12.1. The Balaban J connectivity index is 1.47. The number of hydrogen-bond acceptors (Lipinski definition) is 5. The molecule has 1 aromatic carbocycles. The molecule has 0 spiro atoms. The Morgan fingerprint density at radius 3 is 2.64 bits per heavy atom. The molecule has 1 N–H and O–H groups in total.